The minimum atomic E-state index is -0.417. The molecule has 2 aliphatic heterocycles. The van der Waals surface area contributed by atoms with Crippen molar-refractivity contribution >= 4 is 12.0 Å². The second-order valence-electron chi connectivity index (χ2n) is 5.78. The normalized spacial score (nSPS) is 28.3. The molecule has 0 bridgehead atoms. The summed E-state index contributed by atoms with van der Waals surface area (Å²) >= 11 is 0. The number of carbonyl (C=O) groups is 2. The van der Waals surface area contributed by atoms with Gasteiger partial charge in [-0.1, -0.05) is 0 Å². The van der Waals surface area contributed by atoms with Crippen LogP contribution in [0.25, 0.3) is 0 Å². The van der Waals surface area contributed by atoms with Gasteiger partial charge in [-0.05, 0) is 20.8 Å². The number of esters is 1. The predicted molar refractivity (Wildman–Crippen MR) is 66.2 cm³/mol. The summed E-state index contributed by atoms with van der Waals surface area (Å²) in [5.74, 6) is -0.298. The van der Waals surface area contributed by atoms with Crippen LogP contribution in [0.4, 0.5) is 4.79 Å². The largest absolute Gasteiger partial charge is 0.468 e. The molecule has 6 nitrogen and oxygen atoms in total. The highest BCUT2D eigenvalue weighted by Gasteiger charge is 2.49. The van der Waals surface area contributed by atoms with E-state index in [2.05, 4.69) is 5.32 Å². The number of nitrogens with zero attached hydrogens (tertiary/aromatic N) is 2. The van der Waals surface area contributed by atoms with E-state index in [9.17, 15) is 9.59 Å². The molecule has 0 aromatic heterocycles. The zero-order valence-electron chi connectivity index (χ0n) is 11.4. The van der Waals surface area contributed by atoms with Gasteiger partial charge >= 0.3 is 12.0 Å². The first-order valence-corrected chi connectivity index (χ1v) is 6.25. The van der Waals surface area contributed by atoms with Crippen LogP contribution in [0.3, 0.4) is 0 Å². The zero-order valence-corrected chi connectivity index (χ0v) is 11.4. The standard InChI is InChI=1S/C12H21N3O3/c1-12(2,3)15-7-8-9(10(16)18-4)13-5-6-14(8)11(15)17/h8-9,13H,5-7H2,1-4H3/t8-,9-/m0/s1. The summed E-state index contributed by atoms with van der Waals surface area (Å²) in [6, 6.07) is -0.527. The topological polar surface area (TPSA) is 61.9 Å². The van der Waals surface area contributed by atoms with E-state index in [0.29, 0.717) is 19.6 Å². The van der Waals surface area contributed by atoms with Crippen LogP contribution in [0.5, 0.6) is 0 Å². The van der Waals surface area contributed by atoms with E-state index in [1.165, 1.54) is 7.11 Å². The van der Waals surface area contributed by atoms with Gasteiger partial charge < -0.3 is 19.9 Å². The number of urea groups is 1. The molecular weight excluding hydrogens is 234 g/mol. The molecule has 1 N–H and O–H groups in total. The van der Waals surface area contributed by atoms with Gasteiger partial charge in [-0.2, -0.15) is 0 Å². The Kier molecular flexibility index (Phi) is 3.23. The number of hydrogen-bond acceptors (Lipinski definition) is 4. The average molecular weight is 255 g/mol. The van der Waals surface area contributed by atoms with Crippen LogP contribution in [0.2, 0.25) is 0 Å². The monoisotopic (exact) mass is 255 g/mol. The summed E-state index contributed by atoms with van der Waals surface area (Å²) in [6.45, 7) is 7.84. The molecule has 0 aliphatic carbocycles. The predicted octanol–water partition coefficient (Wildman–Crippen LogP) is 0.0359. The number of carbonyl (C=O) groups excluding carboxylic acids is 2. The minimum absolute atomic E-state index is 0.0166. The summed E-state index contributed by atoms with van der Waals surface area (Å²) in [6.07, 6.45) is 0. The fourth-order valence-electron chi connectivity index (χ4n) is 2.61. The van der Waals surface area contributed by atoms with E-state index in [4.69, 9.17) is 4.74 Å². The van der Waals surface area contributed by atoms with Crippen molar-refractivity contribution in [2.24, 2.45) is 0 Å². The van der Waals surface area contributed by atoms with E-state index in [1.54, 1.807) is 4.90 Å². The summed E-state index contributed by atoms with van der Waals surface area (Å²) in [5, 5.41) is 3.14. The van der Waals surface area contributed by atoms with Crippen molar-refractivity contribution in [3.63, 3.8) is 0 Å². The van der Waals surface area contributed by atoms with Crippen LogP contribution >= 0.6 is 0 Å². The van der Waals surface area contributed by atoms with Crippen LogP contribution in [-0.4, -0.2) is 66.2 Å². The molecule has 2 rings (SSSR count). The molecule has 2 fully saturated rings. The maximum absolute atomic E-state index is 12.3. The Hall–Kier alpha value is -1.30. The summed E-state index contributed by atoms with van der Waals surface area (Å²) in [5.41, 5.74) is -0.227. The SMILES string of the molecule is COC(=O)[C@H]1NCCN2C(=O)N(C(C)(C)C)C[C@@H]12. The Labute approximate surface area is 107 Å². The van der Waals surface area contributed by atoms with Crippen molar-refractivity contribution in [1.29, 1.82) is 0 Å². The smallest absolute Gasteiger partial charge is 0.325 e. The molecule has 18 heavy (non-hydrogen) atoms. The first-order valence-electron chi connectivity index (χ1n) is 6.25. The van der Waals surface area contributed by atoms with Gasteiger partial charge in [0.05, 0.1) is 13.2 Å². The highest BCUT2D eigenvalue weighted by Crippen LogP contribution is 2.27. The van der Waals surface area contributed by atoms with Gasteiger partial charge in [0.1, 0.15) is 6.04 Å². The molecule has 0 unspecified atom stereocenters. The highest BCUT2D eigenvalue weighted by atomic mass is 16.5. The molecule has 102 valence electrons. The van der Waals surface area contributed by atoms with Crippen molar-refractivity contribution in [3.8, 4) is 0 Å². The zero-order chi connectivity index (χ0) is 13.5. The second-order valence-corrected chi connectivity index (χ2v) is 5.78. The molecule has 6 heteroatoms. The average Bonchev–Trinajstić information content (AvgIpc) is 2.66. The molecule has 0 aromatic carbocycles. The summed E-state index contributed by atoms with van der Waals surface area (Å²) < 4.78 is 4.80. The van der Waals surface area contributed by atoms with Crippen molar-refractivity contribution in [3.05, 3.63) is 0 Å². The summed E-state index contributed by atoms with van der Waals surface area (Å²) in [7, 11) is 1.38. The van der Waals surface area contributed by atoms with Gasteiger partial charge in [-0.15, -0.1) is 0 Å². The molecular formula is C12H21N3O3. The third-order valence-corrected chi connectivity index (χ3v) is 3.61. The quantitative estimate of drug-likeness (QED) is 0.672. The fourth-order valence-corrected chi connectivity index (χ4v) is 2.61. The number of nitrogens with one attached hydrogen (secondary N) is 1. The lowest BCUT2D eigenvalue weighted by atomic mass is 10.0. The van der Waals surface area contributed by atoms with Crippen LogP contribution < -0.4 is 5.32 Å². The fraction of sp³-hybridized carbons (Fsp3) is 0.833. The van der Waals surface area contributed by atoms with Crippen molar-refractivity contribution in [2.75, 3.05) is 26.7 Å². The number of rotatable bonds is 1. The molecule has 0 radical (unpaired) electrons. The van der Waals surface area contributed by atoms with Crippen LogP contribution in [0, 0.1) is 0 Å². The number of fused-ring (bicyclic) bond motifs is 1. The lowest BCUT2D eigenvalue weighted by Gasteiger charge is -2.34. The maximum Gasteiger partial charge on any atom is 0.325 e. The van der Waals surface area contributed by atoms with Crippen molar-refractivity contribution < 1.29 is 14.3 Å². The Morgan fingerprint density at radius 2 is 2.11 bits per heavy atom. The maximum atomic E-state index is 12.3. The molecule has 0 saturated carbocycles. The van der Waals surface area contributed by atoms with Gasteiger partial charge in [0.15, 0.2) is 0 Å². The number of hydrogen-bond donors (Lipinski definition) is 1. The second kappa shape index (κ2) is 4.42. The van der Waals surface area contributed by atoms with Crippen LogP contribution in [0.1, 0.15) is 20.8 Å². The molecule has 2 heterocycles. The first-order chi connectivity index (χ1) is 8.36. The van der Waals surface area contributed by atoms with E-state index in [-0.39, 0.29) is 23.6 Å². The summed E-state index contributed by atoms with van der Waals surface area (Å²) in [4.78, 5) is 27.6. The number of ether oxygens (including phenoxy) is 1. The molecule has 2 aliphatic rings. The Balaban J connectivity index is 2.21. The number of piperazine rings is 1. The van der Waals surface area contributed by atoms with Crippen LogP contribution in [0.15, 0.2) is 0 Å². The van der Waals surface area contributed by atoms with Gasteiger partial charge in [0.2, 0.25) is 0 Å². The lowest BCUT2D eigenvalue weighted by Crippen LogP contribution is -2.60. The van der Waals surface area contributed by atoms with E-state index >= 15 is 0 Å². The van der Waals surface area contributed by atoms with Crippen molar-refractivity contribution in [1.82, 2.24) is 15.1 Å². The van der Waals surface area contributed by atoms with Gasteiger partial charge in [-0.25, -0.2) is 4.79 Å². The Bertz CT molecular complexity index is 364. The Morgan fingerprint density at radius 1 is 1.44 bits per heavy atom. The van der Waals surface area contributed by atoms with E-state index in [1.807, 2.05) is 25.7 Å². The third kappa shape index (κ3) is 2.05. The molecule has 2 amide bonds. The van der Waals surface area contributed by atoms with Crippen LogP contribution in [-0.2, 0) is 9.53 Å². The van der Waals surface area contributed by atoms with E-state index in [0.717, 1.165) is 0 Å². The molecule has 2 saturated heterocycles. The van der Waals surface area contributed by atoms with Gasteiger partial charge in [0.25, 0.3) is 0 Å². The highest BCUT2D eigenvalue weighted by molar-refractivity contribution is 5.83. The Morgan fingerprint density at radius 3 is 2.67 bits per heavy atom. The molecule has 0 aromatic rings. The first kappa shape index (κ1) is 13.1. The molecule has 0 spiro atoms. The molecule has 2 atom stereocenters. The number of amides is 2. The van der Waals surface area contributed by atoms with Crippen molar-refractivity contribution in [2.45, 2.75) is 38.4 Å². The lowest BCUT2D eigenvalue weighted by molar-refractivity contribution is -0.145. The van der Waals surface area contributed by atoms with E-state index < -0.39 is 6.04 Å². The minimum Gasteiger partial charge on any atom is -0.468 e. The number of methoxy groups -OCH3 is 1. The third-order valence-electron chi connectivity index (χ3n) is 3.61. The van der Waals surface area contributed by atoms with Gasteiger partial charge in [0, 0.05) is 25.2 Å². The van der Waals surface area contributed by atoms with Gasteiger partial charge in [-0.3, -0.25) is 4.79 Å².